The fourth-order valence-corrected chi connectivity index (χ4v) is 4.50. The molecule has 3 rings (SSSR count). The van der Waals surface area contributed by atoms with Gasteiger partial charge in [-0.05, 0) is 50.7 Å². The van der Waals surface area contributed by atoms with Crippen molar-refractivity contribution in [3.05, 3.63) is 58.0 Å². The van der Waals surface area contributed by atoms with Crippen molar-refractivity contribution in [1.29, 1.82) is 0 Å². The van der Waals surface area contributed by atoms with Gasteiger partial charge in [0.1, 0.15) is 5.00 Å². The van der Waals surface area contributed by atoms with Crippen molar-refractivity contribution in [3.8, 4) is 0 Å². The molecule has 1 aliphatic rings. The van der Waals surface area contributed by atoms with E-state index in [-0.39, 0.29) is 11.8 Å². The minimum absolute atomic E-state index is 0.0460. The maximum absolute atomic E-state index is 12.6. The summed E-state index contributed by atoms with van der Waals surface area (Å²) in [5.74, 6) is -0.333. The van der Waals surface area contributed by atoms with Crippen LogP contribution in [0.25, 0.3) is 5.70 Å². The van der Waals surface area contributed by atoms with Crippen molar-refractivity contribution >= 4 is 33.8 Å². The number of allylic oxidation sites excluding steroid dienone is 1. The summed E-state index contributed by atoms with van der Waals surface area (Å²) in [6, 6.07) is 9.68. The molecule has 0 saturated heterocycles. The molecule has 1 aromatic carbocycles. The van der Waals surface area contributed by atoms with E-state index in [9.17, 15) is 9.59 Å². The highest BCUT2D eigenvalue weighted by Crippen LogP contribution is 2.40. The van der Waals surface area contributed by atoms with Gasteiger partial charge in [0.25, 0.3) is 0 Å². The molecule has 4 nitrogen and oxygen atoms in total. The minimum Gasteiger partial charge on any atom is -0.462 e. The number of hydrogen-bond donors (Lipinski definition) is 1. The Balaban J connectivity index is 2.03. The van der Waals surface area contributed by atoms with Gasteiger partial charge in [0, 0.05) is 16.7 Å². The standard InChI is InChI=1S/C21H23NO3S/c1-3-25-21(24)19-16-11-7-8-12-18(16)26-20(19)22-17(13-14(2)23)15-9-5-4-6-10-15/h4-6,9-10,13,22H,3,7-8,11-12H2,1-2H3. The topological polar surface area (TPSA) is 55.4 Å². The van der Waals surface area contributed by atoms with Gasteiger partial charge in [-0.3, -0.25) is 4.79 Å². The molecular formula is C21H23NO3S. The average molecular weight is 369 g/mol. The normalized spacial score (nSPS) is 13.8. The number of aryl methyl sites for hydroxylation is 1. The second kappa shape index (κ2) is 8.32. The van der Waals surface area contributed by atoms with Gasteiger partial charge in [-0.2, -0.15) is 0 Å². The zero-order valence-corrected chi connectivity index (χ0v) is 15.9. The predicted molar refractivity (Wildman–Crippen MR) is 106 cm³/mol. The van der Waals surface area contributed by atoms with Crippen LogP contribution in [0.5, 0.6) is 0 Å². The molecule has 0 atom stereocenters. The maximum Gasteiger partial charge on any atom is 0.341 e. The van der Waals surface area contributed by atoms with E-state index < -0.39 is 0 Å². The molecule has 1 aromatic heterocycles. The molecule has 0 bridgehead atoms. The number of nitrogens with one attached hydrogen (secondary N) is 1. The van der Waals surface area contributed by atoms with Crippen molar-refractivity contribution in [1.82, 2.24) is 0 Å². The largest absolute Gasteiger partial charge is 0.462 e. The van der Waals surface area contributed by atoms with E-state index >= 15 is 0 Å². The SMILES string of the molecule is CCOC(=O)c1c(NC(=CC(C)=O)c2ccccc2)sc2c1CCCC2. The van der Waals surface area contributed by atoms with Crippen LogP contribution in [0.15, 0.2) is 36.4 Å². The summed E-state index contributed by atoms with van der Waals surface area (Å²) in [6.45, 7) is 3.68. The molecule has 1 heterocycles. The van der Waals surface area contributed by atoms with E-state index in [2.05, 4.69) is 5.32 Å². The fraction of sp³-hybridized carbons (Fsp3) is 0.333. The van der Waals surface area contributed by atoms with Crippen molar-refractivity contribution in [2.45, 2.75) is 39.5 Å². The van der Waals surface area contributed by atoms with E-state index in [1.165, 1.54) is 11.8 Å². The quantitative estimate of drug-likeness (QED) is 0.584. The molecule has 0 saturated carbocycles. The van der Waals surface area contributed by atoms with Crippen molar-refractivity contribution < 1.29 is 14.3 Å². The van der Waals surface area contributed by atoms with Crippen LogP contribution in [-0.2, 0) is 22.4 Å². The molecule has 0 unspecified atom stereocenters. The highest BCUT2D eigenvalue weighted by Gasteiger charge is 2.26. The van der Waals surface area contributed by atoms with Crippen molar-refractivity contribution in [2.24, 2.45) is 0 Å². The molecule has 0 radical (unpaired) electrons. The number of thiophene rings is 1. The highest BCUT2D eigenvalue weighted by molar-refractivity contribution is 7.16. The van der Waals surface area contributed by atoms with Gasteiger partial charge in [-0.1, -0.05) is 30.3 Å². The van der Waals surface area contributed by atoms with Gasteiger partial charge >= 0.3 is 5.97 Å². The first-order valence-corrected chi connectivity index (χ1v) is 9.78. The number of ether oxygens (including phenoxy) is 1. The molecule has 5 heteroatoms. The van der Waals surface area contributed by atoms with Gasteiger partial charge in [0.05, 0.1) is 12.2 Å². The number of benzene rings is 1. The van der Waals surface area contributed by atoms with Crippen LogP contribution in [0.4, 0.5) is 5.00 Å². The van der Waals surface area contributed by atoms with Gasteiger partial charge < -0.3 is 10.1 Å². The first kappa shape index (κ1) is 18.4. The molecule has 0 aliphatic heterocycles. The van der Waals surface area contributed by atoms with Gasteiger partial charge in [-0.15, -0.1) is 11.3 Å². The van der Waals surface area contributed by atoms with E-state index in [1.54, 1.807) is 17.4 Å². The average Bonchev–Trinajstić information content (AvgIpc) is 2.99. The van der Waals surface area contributed by atoms with Crippen LogP contribution >= 0.6 is 11.3 Å². The number of carbonyl (C=O) groups is 2. The third-order valence-electron chi connectivity index (χ3n) is 4.33. The first-order chi connectivity index (χ1) is 12.6. The minimum atomic E-state index is -0.287. The Morgan fingerprint density at radius 3 is 2.62 bits per heavy atom. The molecule has 136 valence electrons. The number of rotatable bonds is 6. The Kier molecular flexibility index (Phi) is 5.89. The molecule has 26 heavy (non-hydrogen) atoms. The number of hydrogen-bond acceptors (Lipinski definition) is 5. The molecule has 0 spiro atoms. The lowest BCUT2D eigenvalue weighted by atomic mass is 9.95. The van der Waals surface area contributed by atoms with Crippen LogP contribution < -0.4 is 5.32 Å². The summed E-state index contributed by atoms with van der Waals surface area (Å²) < 4.78 is 5.30. The third-order valence-corrected chi connectivity index (χ3v) is 5.54. The summed E-state index contributed by atoms with van der Waals surface area (Å²) in [5, 5.41) is 4.12. The number of fused-ring (bicyclic) bond motifs is 1. The molecular weight excluding hydrogens is 346 g/mol. The van der Waals surface area contributed by atoms with Gasteiger partial charge in [0.15, 0.2) is 5.78 Å². The van der Waals surface area contributed by atoms with Crippen molar-refractivity contribution in [3.63, 3.8) is 0 Å². The van der Waals surface area contributed by atoms with E-state index in [4.69, 9.17) is 4.74 Å². The van der Waals surface area contributed by atoms with E-state index in [0.29, 0.717) is 17.9 Å². The monoisotopic (exact) mass is 369 g/mol. The van der Waals surface area contributed by atoms with Crippen LogP contribution in [0.1, 0.15) is 53.1 Å². The maximum atomic E-state index is 12.6. The lowest BCUT2D eigenvalue weighted by Crippen LogP contribution is -2.11. The zero-order valence-electron chi connectivity index (χ0n) is 15.1. The Hall–Kier alpha value is -2.40. The fourth-order valence-electron chi connectivity index (χ4n) is 3.21. The molecule has 0 fully saturated rings. The Labute approximate surface area is 157 Å². The van der Waals surface area contributed by atoms with Crippen LogP contribution in [0.2, 0.25) is 0 Å². The summed E-state index contributed by atoms with van der Waals surface area (Å²) >= 11 is 1.60. The Morgan fingerprint density at radius 2 is 1.92 bits per heavy atom. The lowest BCUT2D eigenvalue weighted by molar-refractivity contribution is -0.112. The number of carbonyl (C=O) groups excluding carboxylic acids is 2. The van der Waals surface area contributed by atoms with Crippen LogP contribution in [-0.4, -0.2) is 18.4 Å². The zero-order chi connectivity index (χ0) is 18.5. The smallest absolute Gasteiger partial charge is 0.341 e. The number of esters is 1. The predicted octanol–water partition coefficient (Wildman–Crippen LogP) is 4.85. The lowest BCUT2D eigenvalue weighted by Gasteiger charge is -2.13. The second-order valence-electron chi connectivity index (χ2n) is 6.30. The highest BCUT2D eigenvalue weighted by atomic mass is 32.1. The van der Waals surface area contributed by atoms with Crippen LogP contribution in [0.3, 0.4) is 0 Å². The summed E-state index contributed by atoms with van der Waals surface area (Å²) in [6.07, 6.45) is 5.70. The van der Waals surface area contributed by atoms with Crippen LogP contribution in [0, 0.1) is 0 Å². The third kappa shape index (κ3) is 4.05. The van der Waals surface area contributed by atoms with Crippen molar-refractivity contribution in [2.75, 3.05) is 11.9 Å². The molecule has 1 aliphatic carbocycles. The molecule has 0 amide bonds. The van der Waals surface area contributed by atoms with E-state index in [0.717, 1.165) is 41.8 Å². The Bertz CT molecular complexity index is 836. The summed E-state index contributed by atoms with van der Waals surface area (Å²) in [5.41, 5.74) is 3.35. The molecule has 1 N–H and O–H groups in total. The van der Waals surface area contributed by atoms with E-state index in [1.807, 2.05) is 37.3 Å². The Morgan fingerprint density at radius 1 is 1.19 bits per heavy atom. The number of ketones is 1. The summed E-state index contributed by atoms with van der Waals surface area (Å²) in [4.78, 5) is 25.6. The summed E-state index contributed by atoms with van der Waals surface area (Å²) in [7, 11) is 0. The van der Waals surface area contributed by atoms with Gasteiger partial charge in [-0.25, -0.2) is 4.79 Å². The van der Waals surface area contributed by atoms with Gasteiger partial charge in [0.2, 0.25) is 0 Å². The number of anilines is 1. The molecule has 2 aromatic rings. The second-order valence-corrected chi connectivity index (χ2v) is 7.40. The first-order valence-electron chi connectivity index (χ1n) is 8.96.